The van der Waals surface area contributed by atoms with Crippen molar-refractivity contribution in [3.63, 3.8) is 0 Å². The van der Waals surface area contributed by atoms with Gasteiger partial charge in [-0.1, -0.05) is 133 Å². The van der Waals surface area contributed by atoms with Gasteiger partial charge >= 0.3 is 0 Å². The predicted octanol–water partition coefficient (Wildman–Crippen LogP) is 13.2. The Balaban J connectivity index is 1.28. The van der Waals surface area contributed by atoms with Crippen LogP contribution in [0.2, 0.25) is 0 Å². The van der Waals surface area contributed by atoms with Crippen LogP contribution in [0.25, 0.3) is 98.4 Å². The van der Waals surface area contributed by atoms with Crippen molar-refractivity contribution in [3.05, 3.63) is 170 Å². The molecule has 1 aromatic heterocycles. The van der Waals surface area contributed by atoms with Crippen molar-refractivity contribution < 1.29 is 4.42 Å². The standard InChI is InChI=1S/C46H28O/c1-2-12-30-25-33(22-21-29(30)11-1)45-37-16-5-7-18-39(37)46(40-19-8-6-17-38(40)45)34-26-31-13-3-4-14-35(31)41(28-34)32-23-24-44-42(27-32)36-15-9-10-20-43(36)47-44/h1-28H. The first kappa shape index (κ1) is 26.1. The maximum absolute atomic E-state index is 6.19. The fourth-order valence-electron chi connectivity index (χ4n) is 7.68. The third kappa shape index (κ3) is 4.03. The van der Waals surface area contributed by atoms with Crippen molar-refractivity contribution in [2.24, 2.45) is 0 Å². The molecule has 0 bridgehead atoms. The molecule has 0 N–H and O–H groups in total. The minimum atomic E-state index is 0.914. The fourth-order valence-corrected chi connectivity index (χ4v) is 7.68. The van der Waals surface area contributed by atoms with E-state index in [1.807, 2.05) is 12.1 Å². The Hall–Kier alpha value is -6.18. The lowest BCUT2D eigenvalue weighted by Gasteiger charge is -2.19. The number of fused-ring (bicyclic) bond motifs is 7. The first-order valence-corrected chi connectivity index (χ1v) is 16.2. The molecule has 0 saturated heterocycles. The molecule has 218 valence electrons. The van der Waals surface area contributed by atoms with Crippen molar-refractivity contribution in [1.29, 1.82) is 0 Å². The number of para-hydroxylation sites is 1. The zero-order chi connectivity index (χ0) is 30.9. The van der Waals surface area contributed by atoms with Crippen LogP contribution < -0.4 is 0 Å². The van der Waals surface area contributed by atoms with Crippen molar-refractivity contribution in [2.75, 3.05) is 0 Å². The summed E-state index contributed by atoms with van der Waals surface area (Å²) >= 11 is 0. The van der Waals surface area contributed by atoms with Gasteiger partial charge in [-0.05, 0) is 113 Å². The van der Waals surface area contributed by atoms with Crippen LogP contribution in [0.15, 0.2) is 174 Å². The molecule has 0 aliphatic carbocycles. The van der Waals surface area contributed by atoms with Gasteiger partial charge in [0, 0.05) is 10.8 Å². The van der Waals surface area contributed by atoms with Crippen LogP contribution in [0, 0.1) is 0 Å². The Kier molecular flexibility index (Phi) is 5.64. The lowest BCUT2D eigenvalue weighted by atomic mass is 9.84. The van der Waals surface area contributed by atoms with Crippen molar-refractivity contribution in [3.8, 4) is 33.4 Å². The molecular weight excluding hydrogens is 569 g/mol. The summed E-state index contributed by atoms with van der Waals surface area (Å²) in [4.78, 5) is 0. The molecule has 0 fully saturated rings. The molecule has 0 spiro atoms. The van der Waals surface area contributed by atoms with E-state index in [4.69, 9.17) is 4.42 Å². The van der Waals surface area contributed by atoms with Crippen LogP contribution in [0.1, 0.15) is 0 Å². The molecule has 10 rings (SSSR count). The molecule has 1 nitrogen and oxygen atoms in total. The van der Waals surface area contributed by atoms with Crippen LogP contribution in [-0.2, 0) is 0 Å². The Morgan fingerprint density at radius 1 is 0.277 bits per heavy atom. The molecule has 0 saturated carbocycles. The Morgan fingerprint density at radius 3 is 1.51 bits per heavy atom. The summed E-state index contributed by atoms with van der Waals surface area (Å²) in [6.45, 7) is 0. The molecule has 10 aromatic rings. The van der Waals surface area contributed by atoms with E-state index in [0.717, 1.165) is 21.9 Å². The number of furan rings is 1. The number of benzene rings is 9. The molecule has 0 radical (unpaired) electrons. The number of rotatable bonds is 3. The zero-order valence-corrected chi connectivity index (χ0v) is 25.6. The highest BCUT2D eigenvalue weighted by Gasteiger charge is 2.19. The van der Waals surface area contributed by atoms with E-state index in [9.17, 15) is 0 Å². The van der Waals surface area contributed by atoms with E-state index < -0.39 is 0 Å². The summed E-state index contributed by atoms with van der Waals surface area (Å²) in [7, 11) is 0. The van der Waals surface area contributed by atoms with Crippen molar-refractivity contribution in [2.45, 2.75) is 0 Å². The highest BCUT2D eigenvalue weighted by Crippen LogP contribution is 2.46. The average Bonchev–Trinajstić information content (AvgIpc) is 3.51. The number of hydrogen-bond donors (Lipinski definition) is 0. The maximum Gasteiger partial charge on any atom is 0.135 e. The zero-order valence-electron chi connectivity index (χ0n) is 25.6. The van der Waals surface area contributed by atoms with Gasteiger partial charge in [0.1, 0.15) is 11.2 Å². The molecule has 0 amide bonds. The highest BCUT2D eigenvalue weighted by molar-refractivity contribution is 6.22. The fraction of sp³-hybridized carbons (Fsp3) is 0. The van der Waals surface area contributed by atoms with Gasteiger partial charge in [-0.2, -0.15) is 0 Å². The second-order valence-corrected chi connectivity index (χ2v) is 12.5. The van der Waals surface area contributed by atoms with Crippen molar-refractivity contribution >= 4 is 65.0 Å². The molecule has 0 unspecified atom stereocenters. The lowest BCUT2D eigenvalue weighted by Crippen LogP contribution is -1.92. The third-order valence-corrected chi connectivity index (χ3v) is 9.81. The molecule has 9 aromatic carbocycles. The van der Waals surface area contributed by atoms with E-state index in [-0.39, 0.29) is 0 Å². The van der Waals surface area contributed by atoms with Crippen LogP contribution in [0.4, 0.5) is 0 Å². The molecule has 0 aliphatic heterocycles. The first-order valence-electron chi connectivity index (χ1n) is 16.2. The molecule has 1 heterocycles. The Bertz CT molecular complexity index is 2800. The minimum Gasteiger partial charge on any atom is -0.456 e. The molecule has 1 heteroatoms. The predicted molar refractivity (Wildman–Crippen MR) is 200 cm³/mol. The minimum absolute atomic E-state index is 0.914. The van der Waals surface area contributed by atoms with E-state index >= 15 is 0 Å². The third-order valence-electron chi connectivity index (χ3n) is 9.81. The van der Waals surface area contributed by atoms with Crippen LogP contribution in [-0.4, -0.2) is 0 Å². The maximum atomic E-state index is 6.19. The average molecular weight is 597 g/mol. The van der Waals surface area contributed by atoms with Gasteiger partial charge in [-0.15, -0.1) is 0 Å². The highest BCUT2D eigenvalue weighted by atomic mass is 16.3. The largest absolute Gasteiger partial charge is 0.456 e. The molecule has 47 heavy (non-hydrogen) atoms. The van der Waals surface area contributed by atoms with E-state index in [1.54, 1.807) is 0 Å². The monoisotopic (exact) mass is 596 g/mol. The van der Waals surface area contributed by atoms with Gasteiger partial charge in [0.2, 0.25) is 0 Å². The first-order chi connectivity index (χ1) is 23.3. The van der Waals surface area contributed by atoms with E-state index in [2.05, 4.69) is 158 Å². The van der Waals surface area contributed by atoms with Crippen LogP contribution in [0.5, 0.6) is 0 Å². The van der Waals surface area contributed by atoms with Gasteiger partial charge < -0.3 is 4.42 Å². The Morgan fingerprint density at radius 2 is 0.787 bits per heavy atom. The number of hydrogen-bond acceptors (Lipinski definition) is 1. The van der Waals surface area contributed by atoms with Crippen molar-refractivity contribution in [1.82, 2.24) is 0 Å². The van der Waals surface area contributed by atoms with E-state index in [1.165, 1.54) is 76.5 Å². The summed E-state index contributed by atoms with van der Waals surface area (Å²) in [5.74, 6) is 0. The second kappa shape index (κ2) is 10.2. The Labute approximate surface area is 271 Å². The summed E-state index contributed by atoms with van der Waals surface area (Å²) in [6.07, 6.45) is 0. The summed E-state index contributed by atoms with van der Waals surface area (Å²) in [5.41, 5.74) is 9.24. The topological polar surface area (TPSA) is 13.1 Å². The quantitative estimate of drug-likeness (QED) is 0.185. The van der Waals surface area contributed by atoms with Gasteiger partial charge in [-0.25, -0.2) is 0 Å². The second-order valence-electron chi connectivity index (χ2n) is 12.5. The SMILES string of the molecule is c1ccc2cc(-c3c4ccccc4c(-c4cc(-c5ccc6oc7ccccc7c6c5)c5ccccc5c4)c4ccccc34)ccc2c1. The van der Waals surface area contributed by atoms with Gasteiger partial charge in [0.25, 0.3) is 0 Å². The van der Waals surface area contributed by atoms with Gasteiger partial charge in [0.05, 0.1) is 0 Å². The summed E-state index contributed by atoms with van der Waals surface area (Å²) in [6, 6.07) is 61.8. The summed E-state index contributed by atoms with van der Waals surface area (Å²) in [5, 5.41) is 12.3. The lowest BCUT2D eigenvalue weighted by molar-refractivity contribution is 0.669. The van der Waals surface area contributed by atoms with Crippen LogP contribution >= 0.6 is 0 Å². The molecular formula is C46H28O. The smallest absolute Gasteiger partial charge is 0.135 e. The van der Waals surface area contributed by atoms with Gasteiger partial charge in [0.15, 0.2) is 0 Å². The van der Waals surface area contributed by atoms with E-state index in [0.29, 0.717) is 0 Å². The van der Waals surface area contributed by atoms with Gasteiger partial charge in [-0.3, -0.25) is 0 Å². The normalized spacial score (nSPS) is 11.8. The summed E-state index contributed by atoms with van der Waals surface area (Å²) < 4.78 is 6.19. The molecule has 0 aliphatic rings. The van der Waals surface area contributed by atoms with Crippen LogP contribution in [0.3, 0.4) is 0 Å². The molecule has 0 atom stereocenters.